The van der Waals surface area contributed by atoms with Crippen molar-refractivity contribution in [2.45, 2.75) is 39.3 Å². The number of carbonyl (C=O) groups is 1. The topological polar surface area (TPSA) is 70.1 Å². The van der Waals surface area contributed by atoms with Gasteiger partial charge in [0.1, 0.15) is 0 Å². The number of nitrogens with zero attached hydrogens (tertiary/aromatic N) is 2. The van der Waals surface area contributed by atoms with E-state index in [0.717, 1.165) is 0 Å². The van der Waals surface area contributed by atoms with Crippen LogP contribution in [0.15, 0.2) is 12.4 Å². The van der Waals surface area contributed by atoms with Crippen molar-refractivity contribution in [2.24, 2.45) is 5.73 Å². The highest BCUT2D eigenvalue weighted by molar-refractivity contribution is 5.89. The molecule has 1 aromatic heterocycles. The molecule has 1 rings (SSSR count). The second kappa shape index (κ2) is 4.65. The second-order valence-corrected chi connectivity index (χ2v) is 4.66. The van der Waals surface area contributed by atoms with Crippen LogP contribution in [0.4, 0.5) is 0 Å². The third-order valence-electron chi connectivity index (χ3n) is 2.28. The van der Waals surface area contributed by atoms with Crippen molar-refractivity contribution in [1.29, 1.82) is 0 Å². The minimum atomic E-state index is -0.525. The van der Waals surface area contributed by atoms with E-state index in [9.17, 15) is 4.79 Å². The summed E-state index contributed by atoms with van der Waals surface area (Å²) < 4.78 is 7.31. The van der Waals surface area contributed by atoms with Crippen molar-refractivity contribution in [3.63, 3.8) is 0 Å². The first-order valence-electron chi connectivity index (χ1n) is 5.30. The summed E-state index contributed by atoms with van der Waals surface area (Å²) in [6.07, 6.45) is 3.46. The molecule has 0 bridgehead atoms. The predicted molar refractivity (Wildman–Crippen MR) is 61.2 cm³/mol. The van der Waals surface area contributed by atoms with Crippen LogP contribution in [-0.4, -0.2) is 28.2 Å². The lowest BCUT2D eigenvalue weighted by Gasteiger charge is -2.28. The van der Waals surface area contributed by atoms with Gasteiger partial charge in [-0.05, 0) is 27.7 Å². The van der Waals surface area contributed by atoms with Gasteiger partial charge in [-0.25, -0.2) is 4.98 Å². The lowest BCUT2D eigenvalue weighted by atomic mass is 10.1. The summed E-state index contributed by atoms with van der Waals surface area (Å²) in [5, 5.41) is 0. The molecular weight excluding hydrogens is 206 g/mol. The van der Waals surface area contributed by atoms with Crippen molar-refractivity contribution < 1.29 is 9.53 Å². The van der Waals surface area contributed by atoms with Gasteiger partial charge in [0, 0.05) is 12.4 Å². The third kappa shape index (κ3) is 2.82. The number of rotatable bonds is 5. The standard InChI is InChI=1S/C11H19N3O2/c1-8(2)16-7-11(3,4)14-6-5-13-10(14)9(12)15/h5-6,8H,7H2,1-4H3,(H2,12,15). The summed E-state index contributed by atoms with van der Waals surface area (Å²) >= 11 is 0. The highest BCUT2D eigenvalue weighted by Crippen LogP contribution is 2.18. The molecule has 1 heterocycles. The van der Waals surface area contributed by atoms with Crippen LogP contribution in [-0.2, 0) is 10.3 Å². The molecule has 0 aromatic carbocycles. The highest BCUT2D eigenvalue weighted by Gasteiger charge is 2.25. The van der Waals surface area contributed by atoms with Crippen LogP contribution in [0.25, 0.3) is 0 Å². The number of hydrogen-bond donors (Lipinski definition) is 1. The molecule has 5 nitrogen and oxygen atoms in total. The summed E-state index contributed by atoms with van der Waals surface area (Å²) in [7, 11) is 0. The molecular formula is C11H19N3O2. The van der Waals surface area contributed by atoms with E-state index in [2.05, 4.69) is 4.98 Å². The van der Waals surface area contributed by atoms with E-state index in [1.807, 2.05) is 27.7 Å². The number of nitrogens with two attached hydrogens (primary N) is 1. The van der Waals surface area contributed by atoms with Crippen LogP contribution < -0.4 is 5.73 Å². The van der Waals surface area contributed by atoms with E-state index < -0.39 is 5.91 Å². The van der Waals surface area contributed by atoms with Crippen LogP contribution in [0.2, 0.25) is 0 Å². The van der Waals surface area contributed by atoms with E-state index in [1.54, 1.807) is 17.0 Å². The van der Waals surface area contributed by atoms with Crippen molar-refractivity contribution in [3.05, 3.63) is 18.2 Å². The number of imidazole rings is 1. The smallest absolute Gasteiger partial charge is 0.284 e. The van der Waals surface area contributed by atoms with Gasteiger partial charge >= 0.3 is 0 Å². The first kappa shape index (κ1) is 12.7. The average Bonchev–Trinajstić information content (AvgIpc) is 2.63. The monoisotopic (exact) mass is 225 g/mol. The van der Waals surface area contributed by atoms with Crippen LogP contribution in [0.3, 0.4) is 0 Å². The summed E-state index contributed by atoms with van der Waals surface area (Å²) in [6.45, 7) is 8.40. The van der Waals surface area contributed by atoms with Gasteiger partial charge in [-0.3, -0.25) is 4.79 Å². The molecule has 0 aliphatic heterocycles. The van der Waals surface area contributed by atoms with Gasteiger partial charge in [-0.1, -0.05) is 0 Å². The van der Waals surface area contributed by atoms with Gasteiger partial charge in [0.05, 0.1) is 18.2 Å². The zero-order valence-electron chi connectivity index (χ0n) is 10.2. The number of aromatic nitrogens is 2. The maximum atomic E-state index is 11.2. The molecule has 0 saturated carbocycles. The Kier molecular flexibility index (Phi) is 3.70. The average molecular weight is 225 g/mol. The minimum Gasteiger partial charge on any atom is -0.376 e. The van der Waals surface area contributed by atoms with E-state index in [1.165, 1.54) is 0 Å². The Hall–Kier alpha value is -1.36. The van der Waals surface area contributed by atoms with Crippen molar-refractivity contribution in [1.82, 2.24) is 9.55 Å². The molecule has 1 aromatic rings. The lowest BCUT2D eigenvalue weighted by Crippen LogP contribution is -2.36. The lowest BCUT2D eigenvalue weighted by molar-refractivity contribution is 0.0250. The molecule has 90 valence electrons. The van der Waals surface area contributed by atoms with E-state index >= 15 is 0 Å². The quantitative estimate of drug-likeness (QED) is 0.817. The maximum absolute atomic E-state index is 11.2. The van der Waals surface area contributed by atoms with Crippen molar-refractivity contribution in [3.8, 4) is 0 Å². The van der Waals surface area contributed by atoms with Gasteiger partial charge in [-0.2, -0.15) is 0 Å². The van der Waals surface area contributed by atoms with Crippen LogP contribution >= 0.6 is 0 Å². The largest absolute Gasteiger partial charge is 0.376 e. The van der Waals surface area contributed by atoms with Crippen LogP contribution in [0, 0.1) is 0 Å². The van der Waals surface area contributed by atoms with E-state index in [0.29, 0.717) is 6.61 Å². The third-order valence-corrected chi connectivity index (χ3v) is 2.28. The van der Waals surface area contributed by atoms with Gasteiger partial charge in [0.15, 0.2) is 5.82 Å². The summed E-state index contributed by atoms with van der Waals surface area (Å²) in [6, 6.07) is 0. The maximum Gasteiger partial charge on any atom is 0.284 e. The van der Waals surface area contributed by atoms with Gasteiger partial charge < -0.3 is 15.0 Å². The molecule has 16 heavy (non-hydrogen) atoms. The Balaban J connectivity index is 2.88. The Bertz CT molecular complexity index is 369. The fourth-order valence-electron chi connectivity index (χ4n) is 1.41. The first-order valence-corrected chi connectivity index (χ1v) is 5.30. The molecule has 0 fully saturated rings. The Morgan fingerprint density at radius 1 is 1.62 bits per heavy atom. The number of carbonyl (C=O) groups excluding carboxylic acids is 1. The van der Waals surface area contributed by atoms with Gasteiger partial charge in [0.2, 0.25) is 0 Å². The van der Waals surface area contributed by atoms with E-state index in [-0.39, 0.29) is 17.5 Å². The SMILES string of the molecule is CC(C)OCC(C)(C)n1ccnc1C(N)=O. The molecule has 0 unspecified atom stereocenters. The van der Waals surface area contributed by atoms with Gasteiger partial charge in [0.25, 0.3) is 5.91 Å². The van der Waals surface area contributed by atoms with Crippen LogP contribution in [0.1, 0.15) is 38.3 Å². The zero-order valence-corrected chi connectivity index (χ0v) is 10.2. The Labute approximate surface area is 95.6 Å². The molecule has 0 spiro atoms. The molecule has 0 aliphatic rings. The molecule has 0 radical (unpaired) electrons. The normalized spacial score (nSPS) is 12.1. The number of ether oxygens (including phenoxy) is 1. The fraction of sp³-hybridized carbons (Fsp3) is 0.636. The Morgan fingerprint density at radius 3 is 2.75 bits per heavy atom. The number of primary amides is 1. The number of amides is 1. The second-order valence-electron chi connectivity index (χ2n) is 4.66. The molecule has 0 saturated heterocycles. The molecule has 1 amide bonds. The summed E-state index contributed by atoms with van der Waals surface area (Å²) in [5.41, 5.74) is 4.91. The van der Waals surface area contributed by atoms with Crippen molar-refractivity contribution >= 4 is 5.91 Å². The van der Waals surface area contributed by atoms with Gasteiger partial charge in [-0.15, -0.1) is 0 Å². The van der Waals surface area contributed by atoms with E-state index in [4.69, 9.17) is 10.5 Å². The van der Waals surface area contributed by atoms with Crippen molar-refractivity contribution in [2.75, 3.05) is 6.61 Å². The summed E-state index contributed by atoms with van der Waals surface area (Å²) in [4.78, 5) is 15.1. The first-order chi connectivity index (χ1) is 7.34. The number of hydrogen-bond acceptors (Lipinski definition) is 3. The zero-order chi connectivity index (χ0) is 12.3. The minimum absolute atomic E-state index is 0.153. The molecule has 2 N–H and O–H groups in total. The molecule has 0 atom stereocenters. The highest BCUT2D eigenvalue weighted by atomic mass is 16.5. The summed E-state index contributed by atoms with van der Waals surface area (Å²) in [5.74, 6) is -0.264. The Morgan fingerprint density at radius 2 is 2.25 bits per heavy atom. The molecule has 5 heteroatoms. The predicted octanol–water partition coefficient (Wildman–Crippen LogP) is 1.14. The molecule has 0 aliphatic carbocycles. The fourth-order valence-corrected chi connectivity index (χ4v) is 1.41. The van der Waals surface area contributed by atoms with Crippen LogP contribution in [0.5, 0.6) is 0 Å².